The smallest absolute Gasteiger partial charge is 0.348 e. The van der Waals surface area contributed by atoms with Gasteiger partial charge in [-0.3, -0.25) is 4.79 Å². The summed E-state index contributed by atoms with van der Waals surface area (Å²) in [5.41, 5.74) is 1.22. The van der Waals surface area contributed by atoms with Crippen LogP contribution < -0.4 is 5.32 Å². The number of nitrogens with one attached hydrogen (secondary N) is 1. The Morgan fingerprint density at radius 2 is 2.00 bits per heavy atom. The van der Waals surface area contributed by atoms with Crippen LogP contribution in [0, 0.1) is 5.92 Å². The summed E-state index contributed by atoms with van der Waals surface area (Å²) in [6.07, 6.45) is 5.00. The van der Waals surface area contributed by atoms with Gasteiger partial charge in [-0.05, 0) is 43.2 Å². The molecule has 6 nitrogen and oxygen atoms in total. The molecule has 1 aliphatic rings. The number of aryl methyl sites for hydroxylation is 2. The van der Waals surface area contributed by atoms with E-state index in [0.717, 1.165) is 25.7 Å². The maximum Gasteiger partial charge on any atom is 0.348 e. The van der Waals surface area contributed by atoms with Crippen LogP contribution in [0.1, 0.15) is 53.2 Å². The minimum atomic E-state index is -0.741. The molecule has 0 bridgehead atoms. The predicted octanol–water partition coefficient (Wildman–Crippen LogP) is 2.49. The fraction of sp³-hybridized carbons (Fsp3) is 0.611. The van der Waals surface area contributed by atoms with E-state index in [9.17, 15) is 14.4 Å². The minimum absolute atomic E-state index is 0.0730. The lowest BCUT2D eigenvalue weighted by Gasteiger charge is -2.21. The van der Waals surface area contributed by atoms with Gasteiger partial charge < -0.3 is 14.8 Å². The standard InChI is InChI=1S/C18H25NO5S/c1-4-11(2)16(18(22)23-3)19-15(20)10-24-17(21)14-9-12-7-5-6-8-13(12)25-14/h9,11,16H,4-8,10H2,1-3H3,(H,19,20). The first-order chi connectivity index (χ1) is 12.0. The highest BCUT2D eigenvalue weighted by Gasteiger charge is 2.27. The molecule has 1 heterocycles. The molecule has 1 aliphatic carbocycles. The first-order valence-electron chi connectivity index (χ1n) is 8.62. The number of carbonyl (C=O) groups is 3. The minimum Gasteiger partial charge on any atom is -0.467 e. The third kappa shape index (κ3) is 5.04. The molecule has 1 amide bonds. The van der Waals surface area contributed by atoms with Crippen LogP contribution in [-0.4, -0.2) is 37.6 Å². The molecule has 1 aromatic rings. The van der Waals surface area contributed by atoms with E-state index in [4.69, 9.17) is 9.47 Å². The van der Waals surface area contributed by atoms with Crippen molar-refractivity contribution in [3.05, 3.63) is 21.4 Å². The van der Waals surface area contributed by atoms with E-state index in [2.05, 4.69) is 5.32 Å². The van der Waals surface area contributed by atoms with Crippen molar-refractivity contribution in [2.24, 2.45) is 5.92 Å². The number of methoxy groups -OCH3 is 1. The van der Waals surface area contributed by atoms with Crippen molar-refractivity contribution in [1.82, 2.24) is 5.32 Å². The highest BCUT2D eigenvalue weighted by atomic mass is 32.1. The van der Waals surface area contributed by atoms with Crippen molar-refractivity contribution in [3.8, 4) is 0 Å². The van der Waals surface area contributed by atoms with E-state index >= 15 is 0 Å². The summed E-state index contributed by atoms with van der Waals surface area (Å²) in [4.78, 5) is 37.7. The molecule has 2 rings (SSSR count). The molecular weight excluding hydrogens is 342 g/mol. The fourth-order valence-electron chi connectivity index (χ4n) is 2.80. The van der Waals surface area contributed by atoms with E-state index in [1.54, 1.807) is 0 Å². The summed E-state index contributed by atoms with van der Waals surface area (Å²) in [6.45, 7) is 3.36. The molecule has 2 atom stereocenters. The normalized spacial score (nSPS) is 15.6. The molecule has 0 saturated carbocycles. The molecule has 1 aromatic heterocycles. The second kappa shape index (κ2) is 8.99. The zero-order valence-corrected chi connectivity index (χ0v) is 15.7. The van der Waals surface area contributed by atoms with Gasteiger partial charge in [0.05, 0.1) is 7.11 Å². The lowest BCUT2D eigenvalue weighted by Crippen LogP contribution is -2.47. The Kier molecular flexibility index (Phi) is 6.99. The number of hydrogen-bond donors (Lipinski definition) is 1. The van der Waals surface area contributed by atoms with Gasteiger partial charge >= 0.3 is 11.9 Å². The lowest BCUT2D eigenvalue weighted by molar-refractivity contribution is -0.147. The highest BCUT2D eigenvalue weighted by molar-refractivity contribution is 7.14. The number of ether oxygens (including phenoxy) is 2. The molecule has 1 N–H and O–H groups in total. The third-order valence-corrected chi connectivity index (χ3v) is 5.73. The van der Waals surface area contributed by atoms with Gasteiger partial charge in [0.1, 0.15) is 10.9 Å². The Balaban J connectivity index is 1.89. The van der Waals surface area contributed by atoms with Gasteiger partial charge in [0, 0.05) is 4.88 Å². The van der Waals surface area contributed by atoms with Gasteiger partial charge in [-0.1, -0.05) is 20.3 Å². The monoisotopic (exact) mass is 367 g/mol. The van der Waals surface area contributed by atoms with Crippen molar-refractivity contribution in [2.75, 3.05) is 13.7 Å². The summed E-state index contributed by atoms with van der Waals surface area (Å²) < 4.78 is 9.82. The van der Waals surface area contributed by atoms with Gasteiger partial charge in [-0.15, -0.1) is 11.3 Å². The number of hydrogen-bond acceptors (Lipinski definition) is 6. The Morgan fingerprint density at radius 1 is 1.28 bits per heavy atom. The molecule has 0 saturated heterocycles. The Bertz CT molecular complexity index is 616. The van der Waals surface area contributed by atoms with E-state index in [-0.39, 0.29) is 5.92 Å². The maximum atomic E-state index is 12.1. The molecular formula is C18H25NO5S. The van der Waals surface area contributed by atoms with Gasteiger partial charge in [-0.2, -0.15) is 0 Å². The Labute approximate surface area is 151 Å². The lowest BCUT2D eigenvalue weighted by atomic mass is 9.99. The summed E-state index contributed by atoms with van der Waals surface area (Å²) in [5, 5.41) is 2.59. The molecule has 7 heteroatoms. The number of esters is 2. The van der Waals surface area contributed by atoms with Crippen LogP contribution in [0.15, 0.2) is 6.07 Å². The van der Waals surface area contributed by atoms with Crippen LogP contribution in [-0.2, 0) is 31.9 Å². The summed E-state index contributed by atoms with van der Waals surface area (Å²) in [7, 11) is 1.28. The molecule has 2 unspecified atom stereocenters. The number of carbonyl (C=O) groups excluding carboxylic acids is 3. The number of rotatable bonds is 7. The van der Waals surface area contributed by atoms with E-state index in [1.165, 1.54) is 28.9 Å². The third-order valence-electron chi connectivity index (χ3n) is 4.52. The molecule has 0 aliphatic heterocycles. The van der Waals surface area contributed by atoms with Gasteiger partial charge in [0.25, 0.3) is 5.91 Å². The molecule has 0 fully saturated rings. The number of fused-ring (bicyclic) bond motifs is 1. The van der Waals surface area contributed by atoms with E-state index in [1.807, 2.05) is 19.9 Å². The first-order valence-corrected chi connectivity index (χ1v) is 9.43. The zero-order valence-electron chi connectivity index (χ0n) is 14.9. The topological polar surface area (TPSA) is 81.7 Å². The first kappa shape index (κ1) is 19.4. The molecule has 138 valence electrons. The van der Waals surface area contributed by atoms with Crippen LogP contribution in [0.4, 0.5) is 0 Å². The highest BCUT2D eigenvalue weighted by Crippen LogP contribution is 2.29. The van der Waals surface area contributed by atoms with E-state index in [0.29, 0.717) is 11.3 Å². The van der Waals surface area contributed by atoms with Crippen molar-refractivity contribution in [2.45, 2.75) is 52.0 Å². The summed E-state index contributed by atoms with van der Waals surface area (Å²) in [5.74, 6) is -1.57. The molecule has 0 radical (unpaired) electrons. The van der Waals surface area contributed by atoms with Crippen molar-refractivity contribution >= 4 is 29.2 Å². The van der Waals surface area contributed by atoms with Crippen LogP contribution in [0.2, 0.25) is 0 Å². The van der Waals surface area contributed by atoms with E-state index < -0.39 is 30.5 Å². The van der Waals surface area contributed by atoms with Crippen LogP contribution >= 0.6 is 11.3 Å². The van der Waals surface area contributed by atoms with Crippen molar-refractivity contribution < 1.29 is 23.9 Å². The fourth-order valence-corrected chi connectivity index (χ4v) is 3.95. The largest absolute Gasteiger partial charge is 0.467 e. The van der Waals surface area contributed by atoms with Crippen LogP contribution in [0.25, 0.3) is 0 Å². The van der Waals surface area contributed by atoms with Crippen LogP contribution in [0.3, 0.4) is 0 Å². The second-order valence-corrected chi connectivity index (χ2v) is 7.43. The van der Waals surface area contributed by atoms with Gasteiger partial charge in [0.2, 0.25) is 0 Å². The quantitative estimate of drug-likeness (QED) is 0.749. The Hall–Kier alpha value is -1.89. The maximum absolute atomic E-state index is 12.1. The number of amides is 1. The van der Waals surface area contributed by atoms with Crippen molar-refractivity contribution in [3.63, 3.8) is 0 Å². The zero-order chi connectivity index (χ0) is 18.4. The molecule has 25 heavy (non-hydrogen) atoms. The van der Waals surface area contributed by atoms with Gasteiger partial charge in [-0.25, -0.2) is 9.59 Å². The van der Waals surface area contributed by atoms with Gasteiger partial charge in [0.15, 0.2) is 6.61 Å². The van der Waals surface area contributed by atoms with Crippen LogP contribution in [0.5, 0.6) is 0 Å². The Morgan fingerprint density at radius 3 is 2.64 bits per heavy atom. The molecule has 0 aromatic carbocycles. The number of thiophene rings is 1. The average molecular weight is 367 g/mol. The molecule has 0 spiro atoms. The summed E-state index contributed by atoms with van der Waals surface area (Å²) >= 11 is 1.45. The second-order valence-electron chi connectivity index (χ2n) is 6.30. The van der Waals surface area contributed by atoms with Crippen molar-refractivity contribution in [1.29, 1.82) is 0 Å². The predicted molar refractivity (Wildman–Crippen MR) is 94.6 cm³/mol. The average Bonchev–Trinajstić information content (AvgIpc) is 3.07. The summed E-state index contributed by atoms with van der Waals surface area (Å²) in [6, 6.07) is 1.13. The SMILES string of the molecule is CCC(C)C(NC(=O)COC(=O)c1cc2c(s1)CCCC2)C(=O)OC.